The van der Waals surface area contributed by atoms with Gasteiger partial charge in [0, 0.05) is 11.0 Å². The molecule has 1 aliphatic rings. The largest absolute Gasteiger partial charge is 0.468 e. The molecule has 0 bridgehead atoms. The van der Waals surface area contributed by atoms with E-state index in [1.807, 2.05) is 0 Å². The minimum absolute atomic E-state index is 0.174. The summed E-state index contributed by atoms with van der Waals surface area (Å²) in [7, 11) is 1.41. The van der Waals surface area contributed by atoms with E-state index in [0.29, 0.717) is 6.54 Å². The van der Waals surface area contributed by atoms with Crippen LogP contribution in [0.1, 0.15) is 18.4 Å². The first-order valence-corrected chi connectivity index (χ1v) is 6.67. The molecule has 1 aromatic rings. The highest BCUT2D eigenvalue weighted by molar-refractivity contribution is 9.10. The van der Waals surface area contributed by atoms with Crippen LogP contribution in [-0.4, -0.2) is 30.6 Å². The molecule has 2 rings (SSSR count). The predicted molar refractivity (Wildman–Crippen MR) is 69.5 cm³/mol. The molecule has 0 N–H and O–H groups in total. The molecule has 1 aromatic carbocycles. The number of hydrogen-bond acceptors (Lipinski definition) is 3. The van der Waals surface area contributed by atoms with Gasteiger partial charge in [0.1, 0.15) is 11.9 Å². The summed E-state index contributed by atoms with van der Waals surface area (Å²) in [5, 5.41) is 0. The first kappa shape index (κ1) is 13.5. The van der Waals surface area contributed by atoms with Crippen molar-refractivity contribution in [1.82, 2.24) is 4.90 Å². The van der Waals surface area contributed by atoms with Crippen LogP contribution in [0.25, 0.3) is 0 Å². The zero-order valence-electron chi connectivity index (χ0n) is 10.2. The maximum atomic E-state index is 13.0. The van der Waals surface area contributed by atoms with Crippen molar-refractivity contribution in [2.45, 2.75) is 25.4 Å². The number of ether oxygens (including phenoxy) is 1. The van der Waals surface area contributed by atoms with E-state index in [1.54, 1.807) is 6.07 Å². The molecule has 98 valence electrons. The number of esters is 1. The van der Waals surface area contributed by atoms with E-state index in [2.05, 4.69) is 20.8 Å². The second-order valence-corrected chi connectivity index (χ2v) is 5.24. The lowest BCUT2D eigenvalue weighted by atomic mass is 10.2. The maximum Gasteiger partial charge on any atom is 0.323 e. The van der Waals surface area contributed by atoms with Crippen LogP contribution >= 0.6 is 15.9 Å². The Hall–Kier alpha value is -0.940. The Balaban J connectivity index is 2.10. The van der Waals surface area contributed by atoms with Gasteiger partial charge in [0.15, 0.2) is 0 Å². The number of carbonyl (C=O) groups is 1. The van der Waals surface area contributed by atoms with E-state index in [-0.39, 0.29) is 17.8 Å². The van der Waals surface area contributed by atoms with Gasteiger partial charge in [-0.3, -0.25) is 9.69 Å². The standard InChI is InChI=1S/C13H15BrFNO2/c1-18-13(17)12-3-2-6-16(12)8-9-4-5-10(15)7-11(9)14/h4-5,7,12H,2-3,6,8H2,1H3. The molecule has 0 radical (unpaired) electrons. The van der Waals surface area contributed by atoms with E-state index in [0.717, 1.165) is 29.4 Å². The van der Waals surface area contributed by atoms with Gasteiger partial charge in [-0.25, -0.2) is 4.39 Å². The Kier molecular flexibility index (Phi) is 4.35. The van der Waals surface area contributed by atoms with Gasteiger partial charge in [-0.15, -0.1) is 0 Å². The lowest BCUT2D eigenvalue weighted by molar-refractivity contribution is -0.146. The Bertz CT molecular complexity index is 453. The van der Waals surface area contributed by atoms with E-state index in [4.69, 9.17) is 4.74 Å². The normalized spacial score (nSPS) is 20.1. The van der Waals surface area contributed by atoms with Crippen LogP contribution in [0.15, 0.2) is 22.7 Å². The SMILES string of the molecule is COC(=O)C1CCCN1Cc1ccc(F)cc1Br. The van der Waals surface area contributed by atoms with Crippen LogP contribution in [0.2, 0.25) is 0 Å². The summed E-state index contributed by atoms with van der Waals surface area (Å²) in [4.78, 5) is 13.7. The third kappa shape index (κ3) is 2.90. The molecule has 1 aliphatic heterocycles. The Morgan fingerprint density at radius 1 is 1.61 bits per heavy atom. The molecule has 1 heterocycles. The van der Waals surface area contributed by atoms with E-state index < -0.39 is 0 Å². The molecule has 0 amide bonds. The number of methoxy groups -OCH3 is 1. The lowest BCUT2D eigenvalue weighted by Gasteiger charge is -2.22. The molecule has 0 spiro atoms. The van der Waals surface area contributed by atoms with Crippen molar-refractivity contribution in [1.29, 1.82) is 0 Å². The monoisotopic (exact) mass is 315 g/mol. The highest BCUT2D eigenvalue weighted by Crippen LogP contribution is 2.25. The molecule has 3 nitrogen and oxygen atoms in total. The van der Waals surface area contributed by atoms with Crippen LogP contribution in [0.5, 0.6) is 0 Å². The van der Waals surface area contributed by atoms with Gasteiger partial charge in [0.25, 0.3) is 0 Å². The number of halogens is 2. The molecular weight excluding hydrogens is 301 g/mol. The quantitative estimate of drug-likeness (QED) is 0.803. The Labute approximate surface area is 114 Å². The molecule has 1 unspecified atom stereocenters. The summed E-state index contributed by atoms with van der Waals surface area (Å²) < 4.78 is 18.5. The van der Waals surface area contributed by atoms with Crippen molar-refractivity contribution in [3.63, 3.8) is 0 Å². The fourth-order valence-electron chi connectivity index (χ4n) is 2.29. The molecule has 18 heavy (non-hydrogen) atoms. The molecule has 1 fully saturated rings. The highest BCUT2D eigenvalue weighted by Gasteiger charge is 2.31. The van der Waals surface area contributed by atoms with Crippen LogP contribution in [0.3, 0.4) is 0 Å². The van der Waals surface area contributed by atoms with Gasteiger partial charge < -0.3 is 4.74 Å². The number of nitrogens with zero attached hydrogens (tertiary/aromatic N) is 1. The number of carbonyl (C=O) groups excluding carboxylic acids is 1. The van der Waals surface area contributed by atoms with Crippen molar-refractivity contribution in [3.05, 3.63) is 34.1 Å². The summed E-state index contributed by atoms with van der Waals surface area (Å²) in [6.07, 6.45) is 1.81. The molecule has 0 aliphatic carbocycles. The molecular formula is C13H15BrFNO2. The molecule has 5 heteroatoms. The zero-order valence-corrected chi connectivity index (χ0v) is 11.7. The number of hydrogen-bond donors (Lipinski definition) is 0. The topological polar surface area (TPSA) is 29.5 Å². The average molecular weight is 316 g/mol. The van der Waals surface area contributed by atoms with Gasteiger partial charge in [-0.05, 0) is 37.1 Å². The van der Waals surface area contributed by atoms with Crippen LogP contribution in [0, 0.1) is 5.82 Å². The summed E-state index contributed by atoms with van der Waals surface area (Å²) >= 11 is 3.35. The van der Waals surface area contributed by atoms with E-state index in [1.165, 1.54) is 19.2 Å². The molecule has 1 atom stereocenters. The van der Waals surface area contributed by atoms with Crippen molar-refractivity contribution in [3.8, 4) is 0 Å². The van der Waals surface area contributed by atoms with E-state index >= 15 is 0 Å². The minimum atomic E-state index is -0.267. The Morgan fingerprint density at radius 3 is 3.06 bits per heavy atom. The zero-order chi connectivity index (χ0) is 13.1. The molecule has 1 saturated heterocycles. The van der Waals surface area contributed by atoms with Crippen molar-refractivity contribution >= 4 is 21.9 Å². The summed E-state index contributed by atoms with van der Waals surface area (Å²) in [5.74, 6) is -0.456. The van der Waals surface area contributed by atoms with Gasteiger partial charge in [-0.1, -0.05) is 22.0 Å². The van der Waals surface area contributed by atoms with Crippen molar-refractivity contribution in [2.24, 2.45) is 0 Å². The molecule has 0 saturated carbocycles. The lowest BCUT2D eigenvalue weighted by Crippen LogP contribution is -2.36. The summed E-state index contributed by atoms with van der Waals surface area (Å²) in [6, 6.07) is 4.44. The second-order valence-electron chi connectivity index (χ2n) is 4.39. The minimum Gasteiger partial charge on any atom is -0.468 e. The van der Waals surface area contributed by atoms with Crippen LogP contribution in [0.4, 0.5) is 4.39 Å². The number of likely N-dealkylation sites (tertiary alicyclic amines) is 1. The predicted octanol–water partition coefficient (Wildman–Crippen LogP) is 2.73. The third-order valence-corrected chi connectivity index (χ3v) is 3.96. The number of benzene rings is 1. The molecule has 0 aromatic heterocycles. The van der Waals surface area contributed by atoms with E-state index in [9.17, 15) is 9.18 Å². The smallest absolute Gasteiger partial charge is 0.323 e. The summed E-state index contributed by atoms with van der Waals surface area (Å²) in [5.41, 5.74) is 0.979. The number of rotatable bonds is 3. The van der Waals surface area contributed by atoms with Gasteiger partial charge in [-0.2, -0.15) is 0 Å². The van der Waals surface area contributed by atoms with Gasteiger partial charge in [0.2, 0.25) is 0 Å². The maximum absolute atomic E-state index is 13.0. The first-order valence-electron chi connectivity index (χ1n) is 5.87. The summed E-state index contributed by atoms with van der Waals surface area (Å²) in [6.45, 7) is 1.49. The third-order valence-electron chi connectivity index (χ3n) is 3.23. The van der Waals surface area contributed by atoms with Gasteiger partial charge in [0.05, 0.1) is 7.11 Å². The van der Waals surface area contributed by atoms with Crippen molar-refractivity contribution in [2.75, 3.05) is 13.7 Å². The average Bonchev–Trinajstić information content (AvgIpc) is 2.80. The van der Waals surface area contributed by atoms with Crippen LogP contribution in [-0.2, 0) is 16.1 Å². The Morgan fingerprint density at radius 2 is 2.39 bits per heavy atom. The fraction of sp³-hybridized carbons (Fsp3) is 0.462. The van der Waals surface area contributed by atoms with Gasteiger partial charge >= 0.3 is 5.97 Å². The fourth-order valence-corrected chi connectivity index (χ4v) is 2.76. The second kappa shape index (κ2) is 5.80. The first-order chi connectivity index (χ1) is 8.61. The van der Waals surface area contributed by atoms with Crippen LogP contribution < -0.4 is 0 Å². The highest BCUT2D eigenvalue weighted by atomic mass is 79.9. The van der Waals surface area contributed by atoms with Crippen molar-refractivity contribution < 1.29 is 13.9 Å².